The van der Waals surface area contributed by atoms with Crippen molar-refractivity contribution in [2.75, 3.05) is 0 Å². The number of hydrogen-bond acceptors (Lipinski definition) is 1. The summed E-state index contributed by atoms with van der Waals surface area (Å²) < 4.78 is 2.39. The van der Waals surface area contributed by atoms with Gasteiger partial charge in [-0.2, -0.15) is 0 Å². The van der Waals surface area contributed by atoms with E-state index in [2.05, 4.69) is 85.7 Å². The third-order valence-corrected chi connectivity index (χ3v) is 6.83. The zero-order valence-electron chi connectivity index (χ0n) is 16.3. The molecule has 1 unspecified atom stereocenters. The highest BCUT2D eigenvalue weighted by Gasteiger charge is 2.54. The SMILES string of the molecule is C=CC1=C(C)C2(C3=C1CCC=C3)c1c(C)cccc1-n1c2nc2ccccc21. The number of hydrogen-bond donors (Lipinski definition) is 0. The lowest BCUT2D eigenvalue weighted by Crippen LogP contribution is -2.29. The van der Waals surface area contributed by atoms with Crippen LogP contribution in [-0.4, -0.2) is 9.55 Å². The Balaban J connectivity index is 1.86. The van der Waals surface area contributed by atoms with Crippen molar-refractivity contribution in [1.82, 2.24) is 9.55 Å². The van der Waals surface area contributed by atoms with Gasteiger partial charge in [0.05, 0.1) is 16.7 Å². The predicted molar refractivity (Wildman–Crippen MR) is 115 cm³/mol. The third-order valence-electron chi connectivity index (χ3n) is 6.83. The first kappa shape index (κ1) is 15.9. The van der Waals surface area contributed by atoms with Gasteiger partial charge in [0, 0.05) is 5.56 Å². The quantitative estimate of drug-likeness (QED) is 0.512. The summed E-state index contributed by atoms with van der Waals surface area (Å²) >= 11 is 0. The van der Waals surface area contributed by atoms with Crippen molar-refractivity contribution in [1.29, 1.82) is 0 Å². The molecule has 28 heavy (non-hydrogen) atoms. The minimum Gasteiger partial charge on any atom is -0.295 e. The van der Waals surface area contributed by atoms with Crippen LogP contribution in [0.15, 0.2) is 89.6 Å². The third kappa shape index (κ3) is 1.59. The second-order valence-corrected chi connectivity index (χ2v) is 8.05. The molecule has 2 aromatic carbocycles. The van der Waals surface area contributed by atoms with Crippen LogP contribution in [0.5, 0.6) is 0 Å². The molecule has 0 bridgehead atoms. The van der Waals surface area contributed by atoms with Gasteiger partial charge in [-0.3, -0.25) is 4.57 Å². The van der Waals surface area contributed by atoms with Crippen molar-refractivity contribution in [3.63, 3.8) is 0 Å². The molecule has 0 saturated carbocycles. The Labute approximate surface area is 165 Å². The van der Waals surface area contributed by atoms with E-state index < -0.39 is 0 Å². The molecule has 3 aromatic rings. The van der Waals surface area contributed by atoms with Crippen LogP contribution in [-0.2, 0) is 5.41 Å². The lowest BCUT2D eigenvalue weighted by atomic mass is 9.69. The fourth-order valence-corrected chi connectivity index (χ4v) is 5.77. The molecule has 6 rings (SSSR count). The molecule has 3 aliphatic rings. The van der Waals surface area contributed by atoms with Crippen molar-refractivity contribution in [3.8, 4) is 5.69 Å². The Hall–Kier alpha value is -3.13. The van der Waals surface area contributed by atoms with Crippen LogP contribution in [0.2, 0.25) is 0 Å². The zero-order valence-corrected chi connectivity index (χ0v) is 16.3. The van der Waals surface area contributed by atoms with Gasteiger partial charge in [-0.15, -0.1) is 0 Å². The van der Waals surface area contributed by atoms with Crippen LogP contribution < -0.4 is 0 Å². The number of benzene rings is 2. The first-order valence-electron chi connectivity index (χ1n) is 10.0. The van der Waals surface area contributed by atoms with E-state index >= 15 is 0 Å². The number of fused-ring (bicyclic) bond motifs is 8. The summed E-state index contributed by atoms with van der Waals surface area (Å²) in [7, 11) is 0. The highest BCUT2D eigenvalue weighted by molar-refractivity contribution is 5.86. The summed E-state index contributed by atoms with van der Waals surface area (Å²) in [5, 5.41) is 0. The molecule has 1 atom stereocenters. The smallest absolute Gasteiger partial charge is 0.133 e. The maximum absolute atomic E-state index is 5.22. The fourth-order valence-electron chi connectivity index (χ4n) is 5.77. The van der Waals surface area contributed by atoms with Gasteiger partial charge < -0.3 is 0 Å². The maximum atomic E-state index is 5.22. The number of imidazole rings is 1. The highest BCUT2D eigenvalue weighted by atomic mass is 15.1. The maximum Gasteiger partial charge on any atom is 0.133 e. The highest BCUT2D eigenvalue weighted by Crippen LogP contribution is 2.60. The molecular weight excluding hydrogens is 340 g/mol. The molecule has 0 saturated heterocycles. The van der Waals surface area contributed by atoms with E-state index in [-0.39, 0.29) is 5.41 Å². The molecular formula is C26H22N2. The molecule has 1 aromatic heterocycles. The molecule has 2 aliphatic carbocycles. The van der Waals surface area contributed by atoms with Gasteiger partial charge in [-0.1, -0.05) is 49.1 Å². The van der Waals surface area contributed by atoms with Gasteiger partial charge in [0.15, 0.2) is 0 Å². The van der Waals surface area contributed by atoms with Crippen LogP contribution in [0, 0.1) is 6.92 Å². The van der Waals surface area contributed by atoms with Gasteiger partial charge >= 0.3 is 0 Å². The average molecular weight is 362 g/mol. The lowest BCUT2D eigenvalue weighted by Gasteiger charge is -2.31. The van der Waals surface area contributed by atoms with Gasteiger partial charge in [-0.25, -0.2) is 4.98 Å². The minimum atomic E-state index is -0.310. The van der Waals surface area contributed by atoms with E-state index in [4.69, 9.17) is 4.98 Å². The fraction of sp³-hybridized carbons (Fsp3) is 0.192. The molecule has 0 amide bonds. The molecule has 2 nitrogen and oxygen atoms in total. The van der Waals surface area contributed by atoms with Gasteiger partial charge in [0.2, 0.25) is 0 Å². The second kappa shape index (κ2) is 5.23. The van der Waals surface area contributed by atoms with Gasteiger partial charge in [0.1, 0.15) is 11.2 Å². The largest absolute Gasteiger partial charge is 0.295 e. The second-order valence-electron chi connectivity index (χ2n) is 8.05. The van der Waals surface area contributed by atoms with Crippen molar-refractivity contribution in [2.45, 2.75) is 32.1 Å². The van der Waals surface area contributed by atoms with Crippen molar-refractivity contribution in [2.24, 2.45) is 0 Å². The summed E-state index contributed by atoms with van der Waals surface area (Å²) in [5.41, 5.74) is 11.4. The summed E-state index contributed by atoms with van der Waals surface area (Å²) in [6.45, 7) is 8.70. The van der Waals surface area contributed by atoms with Crippen LogP contribution in [0.3, 0.4) is 0 Å². The number of para-hydroxylation sites is 2. The van der Waals surface area contributed by atoms with E-state index in [1.54, 1.807) is 0 Å². The number of nitrogens with zero attached hydrogens (tertiary/aromatic N) is 2. The lowest BCUT2D eigenvalue weighted by molar-refractivity contribution is 0.699. The first-order chi connectivity index (χ1) is 13.7. The zero-order chi connectivity index (χ0) is 19.0. The Morgan fingerprint density at radius 2 is 1.96 bits per heavy atom. The number of aromatic nitrogens is 2. The van der Waals surface area contributed by atoms with E-state index in [0.29, 0.717) is 0 Å². The summed E-state index contributed by atoms with van der Waals surface area (Å²) in [4.78, 5) is 5.22. The minimum absolute atomic E-state index is 0.310. The standard InChI is InChI=1S/C26H22N2/c1-4-18-17(3)26(20-12-6-5-11-19(18)20)24-16(2)10-9-15-23(24)28-22-14-8-7-13-21(22)27-25(26)28/h4,6-10,12-15H,1,5,11H2,2-3H3. The van der Waals surface area contributed by atoms with E-state index in [9.17, 15) is 0 Å². The van der Waals surface area contributed by atoms with Crippen LogP contribution in [0.4, 0.5) is 0 Å². The summed E-state index contributed by atoms with van der Waals surface area (Å²) in [6.07, 6.45) is 8.90. The normalized spacial score (nSPS) is 22.2. The monoisotopic (exact) mass is 362 g/mol. The topological polar surface area (TPSA) is 17.8 Å². The molecule has 0 N–H and O–H groups in total. The van der Waals surface area contributed by atoms with Crippen molar-refractivity contribution >= 4 is 11.0 Å². The first-order valence-corrected chi connectivity index (χ1v) is 10.0. The van der Waals surface area contributed by atoms with Crippen molar-refractivity contribution in [3.05, 3.63) is 107 Å². The van der Waals surface area contributed by atoms with E-state index in [1.807, 2.05) is 0 Å². The number of allylic oxidation sites excluding steroid dienone is 7. The Kier molecular flexibility index (Phi) is 2.97. The molecule has 1 spiro atoms. The van der Waals surface area contributed by atoms with Gasteiger partial charge in [0.25, 0.3) is 0 Å². The average Bonchev–Trinajstić information content (AvgIpc) is 3.31. The van der Waals surface area contributed by atoms with Crippen LogP contribution in [0.1, 0.15) is 36.7 Å². The Bertz CT molecular complexity index is 1300. The Morgan fingerprint density at radius 3 is 2.82 bits per heavy atom. The molecule has 2 heteroatoms. The molecule has 2 heterocycles. The van der Waals surface area contributed by atoms with E-state index in [1.165, 1.54) is 44.6 Å². The summed E-state index contributed by atoms with van der Waals surface area (Å²) in [5.74, 6) is 1.13. The van der Waals surface area contributed by atoms with E-state index in [0.717, 1.165) is 24.2 Å². The molecule has 1 aliphatic heterocycles. The Morgan fingerprint density at radius 1 is 1.11 bits per heavy atom. The predicted octanol–water partition coefficient (Wildman–Crippen LogP) is 6.10. The van der Waals surface area contributed by atoms with Gasteiger partial charge in [-0.05, 0) is 72.7 Å². The van der Waals surface area contributed by atoms with Crippen LogP contribution in [0.25, 0.3) is 16.7 Å². The number of rotatable bonds is 1. The molecule has 0 fully saturated rings. The summed E-state index contributed by atoms with van der Waals surface area (Å²) in [6, 6.07) is 15.1. The molecule has 0 radical (unpaired) electrons. The molecule has 136 valence electrons. The van der Waals surface area contributed by atoms with Crippen LogP contribution >= 0.6 is 0 Å². The van der Waals surface area contributed by atoms with Crippen molar-refractivity contribution < 1.29 is 0 Å². The number of aryl methyl sites for hydroxylation is 1.